The molecule has 9 heteroatoms. The smallest absolute Gasteiger partial charge is 0.255 e. The van der Waals surface area contributed by atoms with Gasteiger partial charge in [-0.15, -0.1) is 23.1 Å². The van der Waals surface area contributed by atoms with E-state index in [-0.39, 0.29) is 11.8 Å². The van der Waals surface area contributed by atoms with Crippen LogP contribution in [0.5, 0.6) is 0 Å². The molecule has 0 fully saturated rings. The summed E-state index contributed by atoms with van der Waals surface area (Å²) in [6.45, 7) is 1.95. The second kappa shape index (κ2) is 12.7. The molecule has 40 heavy (non-hydrogen) atoms. The van der Waals surface area contributed by atoms with Crippen LogP contribution in [0.15, 0.2) is 107 Å². The zero-order valence-corrected chi connectivity index (χ0v) is 24.4. The lowest BCUT2D eigenvalue weighted by Crippen LogP contribution is -2.19. The van der Waals surface area contributed by atoms with Gasteiger partial charge >= 0.3 is 0 Å². The molecule has 0 spiro atoms. The summed E-state index contributed by atoms with van der Waals surface area (Å²) in [5, 5.41) is 8.64. The number of anilines is 2. The highest BCUT2D eigenvalue weighted by molar-refractivity contribution is 8.00. The third-order valence-corrected chi connectivity index (χ3v) is 8.70. The van der Waals surface area contributed by atoms with Crippen molar-refractivity contribution in [2.45, 2.75) is 17.1 Å². The van der Waals surface area contributed by atoms with Crippen molar-refractivity contribution in [3.63, 3.8) is 0 Å². The minimum atomic E-state index is -0.522. The second-order valence-corrected chi connectivity index (χ2v) is 11.8. The predicted octanol–water partition coefficient (Wildman–Crippen LogP) is 9.15. The average molecular weight is 605 g/mol. The highest BCUT2D eigenvalue weighted by atomic mass is 35.5. The second-order valence-electron chi connectivity index (χ2n) is 8.91. The Labute approximate surface area is 250 Å². The van der Waals surface area contributed by atoms with E-state index in [0.29, 0.717) is 32.1 Å². The van der Waals surface area contributed by atoms with Gasteiger partial charge in [0.15, 0.2) is 5.13 Å². The quantitative estimate of drug-likeness (QED) is 0.173. The molecule has 4 aromatic carbocycles. The molecule has 200 valence electrons. The number of amides is 2. The van der Waals surface area contributed by atoms with Crippen molar-refractivity contribution in [3.8, 4) is 11.3 Å². The Kier molecular flexibility index (Phi) is 8.87. The molecular formula is C31H23Cl2N3O2S2. The van der Waals surface area contributed by atoms with E-state index in [9.17, 15) is 9.59 Å². The number of nitrogens with zero attached hydrogens (tertiary/aromatic N) is 1. The first-order chi connectivity index (χ1) is 19.4. The summed E-state index contributed by atoms with van der Waals surface area (Å²) in [6.07, 6.45) is 0. The number of nitrogens with one attached hydrogen (secondary N) is 2. The number of thiazole rings is 1. The molecule has 0 saturated carbocycles. The fraction of sp³-hybridized carbons (Fsp3) is 0.0645. The molecule has 0 saturated heterocycles. The van der Waals surface area contributed by atoms with Gasteiger partial charge in [0.2, 0.25) is 5.91 Å². The molecule has 0 aliphatic carbocycles. The van der Waals surface area contributed by atoms with Crippen LogP contribution in [-0.4, -0.2) is 16.8 Å². The van der Waals surface area contributed by atoms with Gasteiger partial charge in [0.25, 0.3) is 5.91 Å². The van der Waals surface area contributed by atoms with E-state index in [1.165, 1.54) is 23.1 Å². The Morgan fingerprint density at radius 3 is 2.35 bits per heavy atom. The Morgan fingerprint density at radius 1 is 0.850 bits per heavy atom. The molecule has 1 heterocycles. The third-order valence-electron chi connectivity index (χ3n) is 5.94. The molecule has 0 radical (unpaired) electrons. The molecule has 0 aliphatic rings. The number of thioether (sulfide) groups is 1. The normalized spacial score (nSPS) is 11.6. The van der Waals surface area contributed by atoms with Crippen LogP contribution in [-0.2, 0) is 4.79 Å². The predicted molar refractivity (Wildman–Crippen MR) is 167 cm³/mol. The molecule has 1 unspecified atom stereocenters. The summed E-state index contributed by atoms with van der Waals surface area (Å²) < 4.78 is 0. The van der Waals surface area contributed by atoms with E-state index < -0.39 is 5.25 Å². The van der Waals surface area contributed by atoms with E-state index in [1.54, 1.807) is 18.2 Å². The lowest BCUT2D eigenvalue weighted by atomic mass is 10.1. The molecule has 5 aromatic rings. The van der Waals surface area contributed by atoms with Crippen LogP contribution in [0.1, 0.15) is 26.7 Å². The largest absolute Gasteiger partial charge is 0.322 e. The maximum Gasteiger partial charge on any atom is 0.255 e. The SMILES string of the molecule is Cc1cccc(C(=O)Nc2ccc(SC(C(=O)Nc3nc(-c4ccc(Cl)c(Cl)c4)cs3)c3ccccc3)cc2)c1. The van der Waals surface area contributed by atoms with Crippen LogP contribution >= 0.6 is 46.3 Å². The van der Waals surface area contributed by atoms with Gasteiger partial charge in [-0.2, -0.15) is 0 Å². The van der Waals surface area contributed by atoms with Crippen molar-refractivity contribution < 1.29 is 9.59 Å². The summed E-state index contributed by atoms with van der Waals surface area (Å²) in [5.41, 5.74) is 4.68. The van der Waals surface area contributed by atoms with Gasteiger partial charge in [-0.25, -0.2) is 4.98 Å². The summed E-state index contributed by atoms with van der Waals surface area (Å²) in [6, 6.07) is 29.8. The van der Waals surface area contributed by atoms with Crippen molar-refractivity contribution >= 4 is 68.9 Å². The number of benzene rings is 4. The van der Waals surface area contributed by atoms with Gasteiger partial charge in [-0.3, -0.25) is 9.59 Å². The van der Waals surface area contributed by atoms with Crippen molar-refractivity contribution in [2.24, 2.45) is 0 Å². The maximum atomic E-state index is 13.5. The Morgan fingerprint density at radius 2 is 1.62 bits per heavy atom. The Balaban J connectivity index is 1.30. The summed E-state index contributed by atoms with van der Waals surface area (Å²) >= 11 is 15.0. The van der Waals surface area contributed by atoms with Crippen LogP contribution in [0, 0.1) is 6.92 Å². The maximum absolute atomic E-state index is 13.5. The number of hydrogen-bond donors (Lipinski definition) is 2. The van der Waals surface area contributed by atoms with Crippen LogP contribution in [0.25, 0.3) is 11.3 Å². The van der Waals surface area contributed by atoms with E-state index in [0.717, 1.165) is 21.6 Å². The zero-order chi connectivity index (χ0) is 28.1. The van der Waals surface area contributed by atoms with Crippen molar-refractivity contribution in [1.29, 1.82) is 0 Å². The molecule has 1 atom stereocenters. The first-order valence-corrected chi connectivity index (χ1v) is 14.8. The number of carbonyl (C=O) groups excluding carboxylic acids is 2. The lowest BCUT2D eigenvalue weighted by Gasteiger charge is -2.16. The molecule has 5 nitrogen and oxygen atoms in total. The van der Waals surface area contributed by atoms with Gasteiger partial charge in [0.05, 0.1) is 15.7 Å². The number of aromatic nitrogens is 1. The van der Waals surface area contributed by atoms with Crippen LogP contribution in [0.4, 0.5) is 10.8 Å². The minimum Gasteiger partial charge on any atom is -0.322 e. The molecule has 5 rings (SSSR count). The number of carbonyl (C=O) groups is 2. The molecule has 2 N–H and O–H groups in total. The number of rotatable bonds is 8. The van der Waals surface area contributed by atoms with E-state index >= 15 is 0 Å². The van der Waals surface area contributed by atoms with Gasteiger partial charge < -0.3 is 10.6 Å². The van der Waals surface area contributed by atoms with Gasteiger partial charge in [0, 0.05) is 27.1 Å². The summed E-state index contributed by atoms with van der Waals surface area (Å²) in [7, 11) is 0. The van der Waals surface area contributed by atoms with E-state index in [2.05, 4.69) is 15.6 Å². The third kappa shape index (κ3) is 6.92. The molecule has 1 aromatic heterocycles. The van der Waals surface area contributed by atoms with Crippen molar-refractivity contribution in [2.75, 3.05) is 10.6 Å². The monoisotopic (exact) mass is 603 g/mol. The van der Waals surface area contributed by atoms with Gasteiger partial charge in [-0.1, -0.05) is 77.3 Å². The van der Waals surface area contributed by atoms with Gasteiger partial charge in [-0.05, 0) is 61.0 Å². The first kappa shape index (κ1) is 27.9. The van der Waals surface area contributed by atoms with E-state index in [1.807, 2.05) is 91.2 Å². The van der Waals surface area contributed by atoms with Crippen LogP contribution < -0.4 is 10.6 Å². The molecule has 0 bridgehead atoms. The number of aryl methyl sites for hydroxylation is 1. The Bertz CT molecular complexity index is 1660. The first-order valence-electron chi connectivity index (χ1n) is 12.3. The highest BCUT2D eigenvalue weighted by Crippen LogP contribution is 2.37. The lowest BCUT2D eigenvalue weighted by molar-refractivity contribution is -0.115. The average Bonchev–Trinajstić information content (AvgIpc) is 3.43. The van der Waals surface area contributed by atoms with E-state index in [4.69, 9.17) is 23.2 Å². The highest BCUT2D eigenvalue weighted by Gasteiger charge is 2.23. The molecule has 0 aliphatic heterocycles. The Hall–Kier alpha value is -3.62. The van der Waals surface area contributed by atoms with Gasteiger partial charge in [0.1, 0.15) is 5.25 Å². The fourth-order valence-electron chi connectivity index (χ4n) is 3.93. The summed E-state index contributed by atoms with van der Waals surface area (Å²) in [4.78, 5) is 31.6. The fourth-order valence-corrected chi connectivity index (χ4v) is 5.98. The topological polar surface area (TPSA) is 71.1 Å². The minimum absolute atomic E-state index is 0.172. The number of hydrogen-bond acceptors (Lipinski definition) is 5. The van der Waals surface area contributed by atoms with Crippen LogP contribution in [0.3, 0.4) is 0 Å². The standard InChI is InChI=1S/C31H23Cl2N3O2S2/c1-19-6-5-9-22(16-19)29(37)34-23-11-13-24(14-12-23)40-28(20-7-3-2-4-8-20)30(38)36-31-35-27(18-39-31)21-10-15-25(32)26(33)17-21/h2-18,28H,1H3,(H,34,37)(H,35,36,38). The zero-order valence-electron chi connectivity index (χ0n) is 21.2. The van der Waals surface area contributed by atoms with Crippen LogP contribution in [0.2, 0.25) is 10.0 Å². The summed E-state index contributed by atoms with van der Waals surface area (Å²) in [5.74, 6) is -0.364. The molecular weight excluding hydrogens is 581 g/mol. The number of halogens is 2. The van der Waals surface area contributed by atoms with Crippen molar-refractivity contribution in [1.82, 2.24) is 4.98 Å². The molecule has 2 amide bonds. The van der Waals surface area contributed by atoms with Crippen molar-refractivity contribution in [3.05, 3.63) is 129 Å².